The summed E-state index contributed by atoms with van der Waals surface area (Å²) in [7, 11) is 0. The second kappa shape index (κ2) is 4.86. The van der Waals surface area contributed by atoms with Gasteiger partial charge in [0.1, 0.15) is 0 Å². The van der Waals surface area contributed by atoms with E-state index in [9.17, 15) is 13.2 Å². The number of hydrogen-bond donors (Lipinski definition) is 0. The smallest absolute Gasteiger partial charge is 0.404 e. The lowest BCUT2D eigenvalue weighted by molar-refractivity contribution is -0.275. The summed E-state index contributed by atoms with van der Waals surface area (Å²) in [4.78, 5) is 3.82. The number of pyridine rings is 1. The van der Waals surface area contributed by atoms with Crippen molar-refractivity contribution in [3.8, 4) is 5.75 Å². The second-order valence-electron chi connectivity index (χ2n) is 2.68. The predicted octanol–water partition coefficient (Wildman–Crippen LogP) is 3.79. The third-order valence-electron chi connectivity index (χ3n) is 1.61. The predicted molar refractivity (Wildman–Crippen MR) is 61.0 cm³/mol. The summed E-state index contributed by atoms with van der Waals surface area (Å²) in [5, 5.41) is 0.292. The Morgan fingerprint density at radius 3 is 2.60 bits per heavy atom. The molecule has 84 valence electrons. The molecule has 1 rings (SSSR count). The fraction of sp³-hybridized carbons (Fsp3) is 0.375. The standard InChI is InChI=1S/C8H6BrF3INO/c1-4-7(13)5(2-9)6(3-14-4)15-8(10,11)12/h3H,2H2,1H3. The Hall–Kier alpha value is -0.0500. The van der Waals surface area contributed by atoms with Crippen molar-refractivity contribution in [1.82, 2.24) is 4.98 Å². The van der Waals surface area contributed by atoms with Crippen LogP contribution in [0.3, 0.4) is 0 Å². The Morgan fingerprint density at radius 2 is 2.13 bits per heavy atom. The van der Waals surface area contributed by atoms with Crippen LogP contribution in [0, 0.1) is 10.5 Å². The van der Waals surface area contributed by atoms with Crippen LogP contribution in [0.2, 0.25) is 0 Å². The summed E-state index contributed by atoms with van der Waals surface area (Å²) < 4.78 is 40.6. The largest absolute Gasteiger partial charge is 0.573 e. The average Bonchev–Trinajstić information content (AvgIpc) is 2.10. The van der Waals surface area contributed by atoms with E-state index in [4.69, 9.17) is 0 Å². The van der Waals surface area contributed by atoms with Crippen molar-refractivity contribution < 1.29 is 17.9 Å². The van der Waals surface area contributed by atoms with E-state index in [1.54, 1.807) is 6.92 Å². The molecule has 15 heavy (non-hydrogen) atoms. The van der Waals surface area contributed by atoms with Gasteiger partial charge in [0.15, 0.2) is 5.75 Å². The third-order valence-corrected chi connectivity index (χ3v) is 3.61. The lowest BCUT2D eigenvalue weighted by atomic mass is 10.2. The van der Waals surface area contributed by atoms with Crippen molar-refractivity contribution in [2.24, 2.45) is 0 Å². The highest BCUT2D eigenvalue weighted by Gasteiger charge is 2.32. The quantitative estimate of drug-likeness (QED) is 0.561. The molecule has 0 radical (unpaired) electrons. The molecule has 0 saturated heterocycles. The van der Waals surface area contributed by atoms with E-state index in [0.717, 1.165) is 6.20 Å². The van der Waals surface area contributed by atoms with Crippen molar-refractivity contribution >= 4 is 38.5 Å². The number of aryl methyl sites for hydroxylation is 1. The molecule has 2 nitrogen and oxygen atoms in total. The Labute approximate surface area is 106 Å². The number of rotatable bonds is 2. The van der Waals surface area contributed by atoms with Gasteiger partial charge in [-0.3, -0.25) is 4.98 Å². The summed E-state index contributed by atoms with van der Waals surface area (Å²) in [6.45, 7) is 1.73. The molecule has 0 unspecified atom stereocenters. The van der Waals surface area contributed by atoms with Crippen LogP contribution >= 0.6 is 38.5 Å². The van der Waals surface area contributed by atoms with Crippen molar-refractivity contribution in [3.05, 3.63) is 21.0 Å². The molecule has 7 heteroatoms. The molecule has 0 fully saturated rings. The number of ether oxygens (including phenoxy) is 1. The highest BCUT2D eigenvalue weighted by atomic mass is 127. The van der Waals surface area contributed by atoms with E-state index < -0.39 is 6.36 Å². The van der Waals surface area contributed by atoms with Gasteiger partial charge >= 0.3 is 6.36 Å². The second-order valence-corrected chi connectivity index (χ2v) is 4.32. The lowest BCUT2D eigenvalue weighted by Crippen LogP contribution is -2.18. The van der Waals surface area contributed by atoms with Crippen LogP contribution in [0.1, 0.15) is 11.3 Å². The highest BCUT2D eigenvalue weighted by Crippen LogP contribution is 2.31. The molecule has 0 aliphatic carbocycles. The summed E-state index contributed by atoms with van der Waals surface area (Å²) in [5.41, 5.74) is 1.14. The summed E-state index contributed by atoms with van der Waals surface area (Å²) in [6, 6.07) is 0. The van der Waals surface area contributed by atoms with Gasteiger partial charge in [0, 0.05) is 14.5 Å². The zero-order valence-corrected chi connectivity index (χ0v) is 11.3. The zero-order chi connectivity index (χ0) is 11.6. The number of nitrogens with zero attached hydrogens (tertiary/aromatic N) is 1. The lowest BCUT2D eigenvalue weighted by Gasteiger charge is -2.13. The molecule has 0 aliphatic rings. The zero-order valence-electron chi connectivity index (χ0n) is 7.53. The maximum absolute atomic E-state index is 12.0. The molecule has 1 aromatic heterocycles. The topological polar surface area (TPSA) is 22.1 Å². The Kier molecular flexibility index (Phi) is 4.21. The normalized spacial score (nSPS) is 11.6. The molecule has 0 N–H and O–H groups in total. The van der Waals surface area contributed by atoms with E-state index in [1.165, 1.54) is 0 Å². The first kappa shape index (κ1) is 13.0. The first-order valence-electron chi connectivity index (χ1n) is 3.81. The molecule has 0 aromatic carbocycles. The van der Waals surface area contributed by atoms with Crippen LogP contribution in [-0.4, -0.2) is 11.3 Å². The summed E-state index contributed by atoms with van der Waals surface area (Å²) >= 11 is 5.06. The van der Waals surface area contributed by atoms with Crippen LogP contribution in [0.4, 0.5) is 13.2 Å². The maximum Gasteiger partial charge on any atom is 0.573 e. The van der Waals surface area contributed by atoms with Crippen molar-refractivity contribution in [2.45, 2.75) is 18.6 Å². The fourth-order valence-electron chi connectivity index (χ4n) is 0.954. The van der Waals surface area contributed by atoms with Crippen LogP contribution in [0.15, 0.2) is 6.20 Å². The van der Waals surface area contributed by atoms with E-state index >= 15 is 0 Å². The molecule has 0 aliphatic heterocycles. The van der Waals surface area contributed by atoms with Crippen molar-refractivity contribution in [1.29, 1.82) is 0 Å². The monoisotopic (exact) mass is 395 g/mol. The first-order valence-corrected chi connectivity index (χ1v) is 6.01. The van der Waals surface area contributed by atoms with Crippen LogP contribution in [0.25, 0.3) is 0 Å². The van der Waals surface area contributed by atoms with Gasteiger partial charge in [-0.05, 0) is 29.5 Å². The molecule has 0 saturated carbocycles. The fourth-order valence-corrected chi connectivity index (χ4v) is 2.63. The Bertz CT molecular complexity index is 370. The SMILES string of the molecule is Cc1ncc(OC(F)(F)F)c(CBr)c1I. The van der Waals surface area contributed by atoms with Gasteiger partial charge in [-0.1, -0.05) is 15.9 Å². The highest BCUT2D eigenvalue weighted by molar-refractivity contribution is 14.1. The maximum atomic E-state index is 12.0. The first-order chi connectivity index (χ1) is 6.85. The minimum atomic E-state index is -4.68. The third kappa shape index (κ3) is 3.47. The minimum Gasteiger partial charge on any atom is -0.404 e. The van der Waals surface area contributed by atoms with Gasteiger partial charge in [-0.15, -0.1) is 13.2 Å². The number of alkyl halides is 4. The molecule has 0 bridgehead atoms. The average molecular weight is 396 g/mol. The molecule has 0 amide bonds. The van der Waals surface area contributed by atoms with Crippen LogP contribution in [-0.2, 0) is 5.33 Å². The number of aromatic nitrogens is 1. The van der Waals surface area contributed by atoms with E-state index in [2.05, 4.69) is 25.7 Å². The molecular formula is C8H6BrF3INO. The Balaban J connectivity index is 3.14. The summed E-state index contributed by atoms with van der Waals surface area (Å²) in [6.07, 6.45) is -3.60. The van der Waals surface area contributed by atoms with Gasteiger partial charge in [0.25, 0.3) is 0 Å². The van der Waals surface area contributed by atoms with Crippen LogP contribution in [0.5, 0.6) is 5.75 Å². The van der Waals surface area contributed by atoms with Gasteiger partial charge in [0.2, 0.25) is 0 Å². The minimum absolute atomic E-state index is 0.255. The number of hydrogen-bond acceptors (Lipinski definition) is 2. The van der Waals surface area contributed by atoms with Gasteiger partial charge < -0.3 is 4.74 Å². The van der Waals surface area contributed by atoms with E-state index in [1.807, 2.05) is 22.6 Å². The van der Waals surface area contributed by atoms with E-state index in [0.29, 0.717) is 20.2 Å². The molecule has 1 heterocycles. The van der Waals surface area contributed by atoms with Gasteiger partial charge in [-0.2, -0.15) is 0 Å². The molecular weight excluding hydrogens is 390 g/mol. The molecule has 0 atom stereocenters. The van der Waals surface area contributed by atoms with Crippen molar-refractivity contribution in [2.75, 3.05) is 0 Å². The van der Waals surface area contributed by atoms with E-state index in [-0.39, 0.29) is 5.75 Å². The van der Waals surface area contributed by atoms with Crippen LogP contribution < -0.4 is 4.74 Å². The molecule has 1 aromatic rings. The Morgan fingerprint density at radius 1 is 1.53 bits per heavy atom. The molecule has 0 spiro atoms. The number of halogens is 5. The summed E-state index contributed by atoms with van der Waals surface area (Å²) in [5.74, 6) is -0.255. The van der Waals surface area contributed by atoms with Gasteiger partial charge in [0.05, 0.1) is 11.9 Å². The van der Waals surface area contributed by atoms with Crippen molar-refractivity contribution in [3.63, 3.8) is 0 Å². The van der Waals surface area contributed by atoms with Gasteiger partial charge in [-0.25, -0.2) is 0 Å².